The molecule has 0 atom stereocenters. The van der Waals surface area contributed by atoms with Crippen molar-refractivity contribution in [3.05, 3.63) is 33.7 Å². The Morgan fingerprint density at radius 1 is 1.60 bits per heavy atom. The topological polar surface area (TPSA) is 31.2 Å². The molecule has 0 radical (unpaired) electrons. The lowest BCUT2D eigenvalue weighted by Crippen LogP contribution is -2.22. The number of aromatic nitrogens is 1. The molecule has 0 spiro atoms. The first-order chi connectivity index (χ1) is 4.74. The van der Waals surface area contributed by atoms with E-state index >= 15 is 0 Å². The standard InChI is InChI=1S/C6H6ClNO2/c1-10-8-4-5(7)2-3-6(8)9/h2-4H,1H3. The molecule has 0 aliphatic heterocycles. The zero-order valence-electron chi connectivity index (χ0n) is 5.37. The van der Waals surface area contributed by atoms with Crippen molar-refractivity contribution in [2.75, 3.05) is 7.11 Å². The van der Waals surface area contributed by atoms with E-state index in [2.05, 4.69) is 4.84 Å². The molecule has 1 heterocycles. The van der Waals surface area contributed by atoms with Crippen LogP contribution < -0.4 is 10.4 Å². The van der Waals surface area contributed by atoms with Gasteiger partial charge in [0.15, 0.2) is 0 Å². The van der Waals surface area contributed by atoms with Gasteiger partial charge in [-0.05, 0) is 6.07 Å². The predicted molar refractivity (Wildman–Crippen MR) is 38.2 cm³/mol. The largest absolute Gasteiger partial charge is 0.414 e. The molecule has 10 heavy (non-hydrogen) atoms. The van der Waals surface area contributed by atoms with Crippen molar-refractivity contribution < 1.29 is 4.84 Å². The monoisotopic (exact) mass is 159 g/mol. The van der Waals surface area contributed by atoms with Gasteiger partial charge in [0.25, 0.3) is 5.56 Å². The number of rotatable bonds is 1. The summed E-state index contributed by atoms with van der Waals surface area (Å²) in [6, 6.07) is 2.85. The van der Waals surface area contributed by atoms with Crippen molar-refractivity contribution in [3.8, 4) is 0 Å². The Morgan fingerprint density at radius 3 is 2.80 bits per heavy atom. The fraction of sp³-hybridized carbons (Fsp3) is 0.167. The Bertz CT molecular complexity index is 281. The van der Waals surface area contributed by atoms with E-state index in [4.69, 9.17) is 11.6 Å². The van der Waals surface area contributed by atoms with Crippen molar-refractivity contribution in [2.24, 2.45) is 0 Å². The average molecular weight is 160 g/mol. The highest BCUT2D eigenvalue weighted by molar-refractivity contribution is 6.30. The van der Waals surface area contributed by atoms with E-state index in [0.29, 0.717) is 5.02 Å². The smallest absolute Gasteiger partial charge is 0.283 e. The SMILES string of the molecule is COn1cc(Cl)ccc1=O. The van der Waals surface area contributed by atoms with Gasteiger partial charge in [-0.15, -0.1) is 0 Å². The van der Waals surface area contributed by atoms with Crippen LogP contribution in [-0.4, -0.2) is 11.8 Å². The van der Waals surface area contributed by atoms with Crippen molar-refractivity contribution in [2.45, 2.75) is 0 Å². The summed E-state index contributed by atoms with van der Waals surface area (Å²) in [6.07, 6.45) is 1.41. The molecule has 1 rings (SSSR count). The third-order valence-electron chi connectivity index (χ3n) is 1.04. The summed E-state index contributed by atoms with van der Waals surface area (Å²) in [5.41, 5.74) is -0.230. The van der Waals surface area contributed by atoms with E-state index < -0.39 is 0 Å². The molecular weight excluding hydrogens is 154 g/mol. The first-order valence-corrected chi connectivity index (χ1v) is 3.04. The molecule has 0 fully saturated rings. The molecular formula is C6H6ClNO2. The first kappa shape index (κ1) is 7.15. The molecule has 3 nitrogen and oxygen atoms in total. The van der Waals surface area contributed by atoms with Crippen LogP contribution in [0.5, 0.6) is 0 Å². The fourth-order valence-electron chi connectivity index (χ4n) is 0.586. The van der Waals surface area contributed by atoms with E-state index in [1.165, 1.54) is 25.4 Å². The second-order valence-corrected chi connectivity index (χ2v) is 2.13. The highest BCUT2D eigenvalue weighted by atomic mass is 35.5. The highest BCUT2D eigenvalue weighted by Crippen LogP contribution is 2.01. The second kappa shape index (κ2) is 2.75. The minimum absolute atomic E-state index is 0.230. The third-order valence-corrected chi connectivity index (χ3v) is 1.26. The third kappa shape index (κ3) is 1.30. The van der Waals surface area contributed by atoms with Gasteiger partial charge in [-0.2, -0.15) is 4.73 Å². The Morgan fingerprint density at radius 2 is 2.30 bits per heavy atom. The summed E-state index contributed by atoms with van der Waals surface area (Å²) in [7, 11) is 1.40. The normalized spacial score (nSPS) is 9.40. The number of hydrogen-bond acceptors (Lipinski definition) is 2. The maximum atomic E-state index is 10.8. The van der Waals surface area contributed by atoms with Gasteiger partial charge in [-0.25, -0.2) is 0 Å². The van der Waals surface area contributed by atoms with Gasteiger partial charge in [0.2, 0.25) is 0 Å². The molecule has 0 unspecified atom stereocenters. The van der Waals surface area contributed by atoms with Crippen LogP contribution in [0.1, 0.15) is 0 Å². The summed E-state index contributed by atoms with van der Waals surface area (Å²) < 4.78 is 1.06. The van der Waals surface area contributed by atoms with E-state index in [9.17, 15) is 4.79 Å². The quantitative estimate of drug-likeness (QED) is 0.600. The molecule has 0 aromatic carbocycles. The lowest BCUT2D eigenvalue weighted by atomic mass is 10.5. The molecule has 0 N–H and O–H groups in total. The molecule has 4 heteroatoms. The zero-order valence-corrected chi connectivity index (χ0v) is 6.13. The molecule has 0 amide bonds. The molecule has 0 aliphatic carbocycles. The molecule has 0 saturated heterocycles. The first-order valence-electron chi connectivity index (χ1n) is 2.67. The lowest BCUT2D eigenvalue weighted by Gasteiger charge is -2.00. The van der Waals surface area contributed by atoms with Crippen LogP contribution in [0.2, 0.25) is 5.02 Å². The number of halogens is 1. The molecule has 1 aromatic rings. The van der Waals surface area contributed by atoms with Gasteiger partial charge < -0.3 is 4.84 Å². The van der Waals surface area contributed by atoms with E-state index in [1.807, 2.05) is 0 Å². The predicted octanol–water partition coefficient (Wildman–Crippen LogP) is 0.560. The molecule has 54 valence electrons. The van der Waals surface area contributed by atoms with Gasteiger partial charge in [0.05, 0.1) is 11.2 Å². The van der Waals surface area contributed by atoms with Crippen LogP contribution in [-0.2, 0) is 0 Å². The van der Waals surface area contributed by atoms with Crippen LogP contribution in [0, 0.1) is 0 Å². The van der Waals surface area contributed by atoms with Crippen molar-refractivity contribution >= 4 is 11.6 Å². The number of pyridine rings is 1. The van der Waals surface area contributed by atoms with Crippen LogP contribution in [0.15, 0.2) is 23.1 Å². The van der Waals surface area contributed by atoms with Gasteiger partial charge in [-0.1, -0.05) is 11.6 Å². The van der Waals surface area contributed by atoms with Crippen molar-refractivity contribution in [3.63, 3.8) is 0 Å². The van der Waals surface area contributed by atoms with E-state index in [-0.39, 0.29) is 5.56 Å². The summed E-state index contributed by atoms with van der Waals surface area (Å²) >= 11 is 5.56. The average Bonchev–Trinajstić information content (AvgIpc) is 1.94. The highest BCUT2D eigenvalue weighted by Gasteiger charge is 1.92. The molecule has 0 bridgehead atoms. The minimum Gasteiger partial charge on any atom is -0.414 e. The lowest BCUT2D eigenvalue weighted by molar-refractivity contribution is 0.157. The summed E-state index contributed by atoms with van der Waals surface area (Å²) in [5, 5.41) is 0.474. The van der Waals surface area contributed by atoms with Gasteiger partial charge in [-0.3, -0.25) is 4.79 Å². The number of nitrogens with zero attached hydrogens (tertiary/aromatic N) is 1. The van der Waals surface area contributed by atoms with Gasteiger partial charge >= 0.3 is 0 Å². The molecule has 0 saturated carbocycles. The van der Waals surface area contributed by atoms with Crippen LogP contribution >= 0.6 is 11.6 Å². The van der Waals surface area contributed by atoms with Gasteiger partial charge in [0, 0.05) is 6.07 Å². The number of hydrogen-bond donors (Lipinski definition) is 0. The van der Waals surface area contributed by atoms with Crippen LogP contribution in [0.3, 0.4) is 0 Å². The van der Waals surface area contributed by atoms with Crippen LogP contribution in [0.4, 0.5) is 0 Å². The van der Waals surface area contributed by atoms with Crippen molar-refractivity contribution in [1.29, 1.82) is 0 Å². The van der Waals surface area contributed by atoms with Crippen molar-refractivity contribution in [1.82, 2.24) is 4.73 Å². The Balaban J connectivity index is 3.22. The second-order valence-electron chi connectivity index (χ2n) is 1.69. The fourth-order valence-corrected chi connectivity index (χ4v) is 0.737. The Kier molecular flexibility index (Phi) is 1.97. The van der Waals surface area contributed by atoms with Crippen LogP contribution in [0.25, 0.3) is 0 Å². The Labute approximate surface area is 62.8 Å². The molecule has 1 aromatic heterocycles. The zero-order chi connectivity index (χ0) is 7.56. The maximum Gasteiger partial charge on any atom is 0.283 e. The molecule has 0 aliphatic rings. The minimum atomic E-state index is -0.230. The maximum absolute atomic E-state index is 10.8. The van der Waals surface area contributed by atoms with E-state index in [1.54, 1.807) is 0 Å². The van der Waals surface area contributed by atoms with E-state index in [0.717, 1.165) is 4.73 Å². The Hall–Kier alpha value is -0.960. The summed E-state index contributed by atoms with van der Waals surface area (Å²) in [6.45, 7) is 0. The summed E-state index contributed by atoms with van der Waals surface area (Å²) in [4.78, 5) is 15.4. The summed E-state index contributed by atoms with van der Waals surface area (Å²) in [5.74, 6) is 0. The van der Waals surface area contributed by atoms with Gasteiger partial charge in [0.1, 0.15) is 7.11 Å².